The summed E-state index contributed by atoms with van der Waals surface area (Å²) in [5.74, 6) is 0. The van der Waals surface area contributed by atoms with Gasteiger partial charge in [-0.15, -0.1) is 0 Å². The number of nitrogens with one attached hydrogen (secondary N) is 1. The average Bonchev–Trinajstić information content (AvgIpc) is 2.12. The van der Waals surface area contributed by atoms with E-state index in [1.807, 2.05) is 0 Å². The second-order valence-corrected chi connectivity index (χ2v) is 6.09. The number of rotatable bonds is 2. The Hall–Kier alpha value is -0.290. The van der Waals surface area contributed by atoms with Crippen molar-refractivity contribution in [1.29, 1.82) is 0 Å². The molecule has 2 aliphatic rings. The van der Waals surface area contributed by atoms with Gasteiger partial charge < -0.3 is 10.1 Å². The van der Waals surface area contributed by atoms with Gasteiger partial charge in [0, 0.05) is 19.0 Å². The van der Waals surface area contributed by atoms with Crippen LogP contribution in [0.25, 0.3) is 0 Å². The molecule has 1 aliphatic carbocycles. The van der Waals surface area contributed by atoms with Crippen molar-refractivity contribution in [1.82, 2.24) is 5.32 Å². The third-order valence-electron chi connectivity index (χ3n) is 3.79. The first-order valence-corrected chi connectivity index (χ1v) is 6.17. The lowest BCUT2D eigenvalue weighted by Gasteiger charge is -2.58. The molecule has 5 heteroatoms. The third-order valence-corrected chi connectivity index (χ3v) is 3.79. The lowest BCUT2D eigenvalue weighted by atomic mass is 9.57. The summed E-state index contributed by atoms with van der Waals surface area (Å²) in [6, 6.07) is -0.147. The SMILES string of the molecule is CC1(C)CC2(C1)OCCNC2CCC(F)(F)F. The van der Waals surface area contributed by atoms with E-state index in [9.17, 15) is 13.2 Å². The summed E-state index contributed by atoms with van der Waals surface area (Å²) in [5, 5.41) is 3.20. The van der Waals surface area contributed by atoms with E-state index < -0.39 is 12.6 Å². The number of hydrogen-bond donors (Lipinski definition) is 1. The zero-order valence-electron chi connectivity index (χ0n) is 10.4. The van der Waals surface area contributed by atoms with E-state index in [4.69, 9.17) is 4.74 Å². The van der Waals surface area contributed by atoms with Gasteiger partial charge in [0.05, 0.1) is 12.2 Å². The zero-order chi connectivity index (χ0) is 12.7. The molecule has 0 amide bonds. The molecular formula is C12H20F3NO. The standard InChI is InChI=1S/C12H20F3NO/c1-10(2)7-11(8-10)9(16-5-6-17-11)3-4-12(13,14)15/h9,16H,3-8H2,1-2H3. The van der Waals surface area contributed by atoms with Gasteiger partial charge in [-0.05, 0) is 24.7 Å². The summed E-state index contributed by atoms with van der Waals surface area (Å²) >= 11 is 0. The summed E-state index contributed by atoms with van der Waals surface area (Å²) in [4.78, 5) is 0. The highest BCUT2D eigenvalue weighted by molar-refractivity contribution is 5.09. The lowest BCUT2D eigenvalue weighted by Crippen LogP contribution is -2.66. The van der Waals surface area contributed by atoms with Crippen molar-refractivity contribution in [2.45, 2.75) is 57.3 Å². The Labute approximate surface area is 99.9 Å². The van der Waals surface area contributed by atoms with Crippen molar-refractivity contribution < 1.29 is 17.9 Å². The molecular weight excluding hydrogens is 231 g/mol. The Morgan fingerprint density at radius 1 is 1.29 bits per heavy atom. The first-order chi connectivity index (χ1) is 7.73. The minimum atomic E-state index is -4.07. The molecule has 1 aliphatic heterocycles. The van der Waals surface area contributed by atoms with Crippen LogP contribution in [0, 0.1) is 5.41 Å². The second kappa shape index (κ2) is 4.12. The summed E-state index contributed by atoms with van der Waals surface area (Å²) in [6.45, 7) is 5.54. The van der Waals surface area contributed by atoms with Crippen LogP contribution in [0.2, 0.25) is 0 Å². The fourth-order valence-electron chi connectivity index (χ4n) is 3.36. The molecule has 0 aromatic heterocycles. The highest BCUT2D eigenvalue weighted by atomic mass is 19.4. The summed E-state index contributed by atoms with van der Waals surface area (Å²) in [5.41, 5.74) is -0.136. The van der Waals surface area contributed by atoms with Crippen LogP contribution in [0.1, 0.15) is 39.5 Å². The van der Waals surface area contributed by atoms with Gasteiger partial charge in [-0.2, -0.15) is 13.2 Å². The Morgan fingerprint density at radius 2 is 1.94 bits per heavy atom. The first-order valence-electron chi connectivity index (χ1n) is 6.17. The first kappa shape index (κ1) is 13.1. The van der Waals surface area contributed by atoms with E-state index >= 15 is 0 Å². The van der Waals surface area contributed by atoms with Crippen LogP contribution < -0.4 is 5.32 Å². The number of halogens is 3. The Balaban J connectivity index is 1.95. The van der Waals surface area contributed by atoms with Crippen LogP contribution in [0.3, 0.4) is 0 Å². The van der Waals surface area contributed by atoms with E-state index in [1.54, 1.807) is 0 Å². The minimum Gasteiger partial charge on any atom is -0.372 e. The molecule has 2 fully saturated rings. The van der Waals surface area contributed by atoms with Gasteiger partial charge in [0.2, 0.25) is 0 Å². The number of ether oxygens (including phenoxy) is 1. The van der Waals surface area contributed by atoms with Crippen molar-refractivity contribution in [3.8, 4) is 0 Å². The molecule has 100 valence electrons. The second-order valence-electron chi connectivity index (χ2n) is 6.09. The molecule has 0 bridgehead atoms. The molecule has 1 atom stereocenters. The molecule has 2 nitrogen and oxygen atoms in total. The maximum Gasteiger partial charge on any atom is 0.389 e. The fourth-order valence-corrected chi connectivity index (χ4v) is 3.36. The van der Waals surface area contributed by atoms with Crippen molar-refractivity contribution in [2.75, 3.05) is 13.2 Å². The number of hydrogen-bond acceptors (Lipinski definition) is 2. The number of alkyl halides is 3. The quantitative estimate of drug-likeness (QED) is 0.814. The van der Waals surface area contributed by atoms with Crippen LogP contribution >= 0.6 is 0 Å². The minimum absolute atomic E-state index is 0.125. The molecule has 1 spiro atoms. The van der Waals surface area contributed by atoms with Gasteiger partial charge >= 0.3 is 6.18 Å². The summed E-state index contributed by atoms with van der Waals surface area (Å²) in [6.07, 6.45) is -2.96. The van der Waals surface area contributed by atoms with Crippen molar-refractivity contribution in [2.24, 2.45) is 5.41 Å². The van der Waals surface area contributed by atoms with Gasteiger partial charge in [-0.1, -0.05) is 13.8 Å². The van der Waals surface area contributed by atoms with Crippen LogP contribution in [-0.2, 0) is 4.74 Å². The molecule has 0 radical (unpaired) electrons. The molecule has 1 saturated heterocycles. The highest BCUT2D eigenvalue weighted by Crippen LogP contribution is 2.53. The molecule has 1 unspecified atom stereocenters. The van der Waals surface area contributed by atoms with Crippen molar-refractivity contribution in [3.05, 3.63) is 0 Å². The van der Waals surface area contributed by atoms with E-state index in [0.29, 0.717) is 13.2 Å². The predicted molar refractivity (Wildman–Crippen MR) is 58.8 cm³/mol. The van der Waals surface area contributed by atoms with Gasteiger partial charge in [0.1, 0.15) is 0 Å². The van der Waals surface area contributed by atoms with E-state index in [0.717, 1.165) is 12.8 Å². The molecule has 1 heterocycles. The fraction of sp³-hybridized carbons (Fsp3) is 1.00. The van der Waals surface area contributed by atoms with Crippen molar-refractivity contribution >= 4 is 0 Å². The van der Waals surface area contributed by atoms with E-state index in [2.05, 4.69) is 19.2 Å². The van der Waals surface area contributed by atoms with Gasteiger partial charge in [0.15, 0.2) is 0 Å². The number of morpholine rings is 1. The van der Waals surface area contributed by atoms with Gasteiger partial charge in [-0.25, -0.2) is 0 Å². The third kappa shape index (κ3) is 2.94. The average molecular weight is 251 g/mol. The lowest BCUT2D eigenvalue weighted by molar-refractivity contribution is -0.201. The molecule has 1 saturated carbocycles. The topological polar surface area (TPSA) is 21.3 Å². The van der Waals surface area contributed by atoms with Gasteiger partial charge in [-0.3, -0.25) is 0 Å². The molecule has 0 aromatic carbocycles. The molecule has 1 N–H and O–H groups in total. The van der Waals surface area contributed by atoms with E-state index in [1.165, 1.54) is 0 Å². The highest BCUT2D eigenvalue weighted by Gasteiger charge is 2.56. The molecule has 2 rings (SSSR count). The summed E-state index contributed by atoms with van der Waals surface area (Å²) in [7, 11) is 0. The predicted octanol–water partition coefficient (Wildman–Crippen LogP) is 2.88. The zero-order valence-corrected chi connectivity index (χ0v) is 10.4. The monoisotopic (exact) mass is 251 g/mol. The Bertz CT molecular complexity index is 280. The normalized spacial score (nSPS) is 31.2. The summed E-state index contributed by atoms with van der Waals surface area (Å²) < 4.78 is 42.6. The Morgan fingerprint density at radius 3 is 2.47 bits per heavy atom. The maximum absolute atomic E-state index is 12.3. The molecule has 17 heavy (non-hydrogen) atoms. The van der Waals surface area contributed by atoms with Gasteiger partial charge in [0.25, 0.3) is 0 Å². The van der Waals surface area contributed by atoms with Crippen LogP contribution in [0.15, 0.2) is 0 Å². The maximum atomic E-state index is 12.3. The molecule has 0 aromatic rings. The smallest absolute Gasteiger partial charge is 0.372 e. The van der Waals surface area contributed by atoms with Crippen LogP contribution in [0.5, 0.6) is 0 Å². The Kier molecular flexibility index (Phi) is 3.19. The van der Waals surface area contributed by atoms with E-state index in [-0.39, 0.29) is 23.5 Å². The largest absolute Gasteiger partial charge is 0.389 e. The van der Waals surface area contributed by atoms with Crippen LogP contribution in [0.4, 0.5) is 13.2 Å². The van der Waals surface area contributed by atoms with Crippen molar-refractivity contribution in [3.63, 3.8) is 0 Å². The van der Waals surface area contributed by atoms with Crippen LogP contribution in [-0.4, -0.2) is 31.0 Å².